The third kappa shape index (κ3) is 42.3. The molecule has 0 aromatic rings. The Hall–Kier alpha value is -0.870. The summed E-state index contributed by atoms with van der Waals surface area (Å²) in [6, 6.07) is -0.538. The Morgan fingerprint density at radius 2 is 0.704 bits per heavy atom. The number of rotatable bonds is 46. The van der Waals surface area contributed by atoms with Gasteiger partial charge >= 0.3 is 0 Å². The fraction of sp³-hybridized carbons (Fsp3) is 0.940. The molecule has 0 heterocycles. The van der Waals surface area contributed by atoms with Crippen LogP contribution in [0.2, 0.25) is 0 Å². The Bertz CT molecular complexity index is 739. The van der Waals surface area contributed by atoms with Crippen LogP contribution in [0, 0.1) is 0 Å². The molecule has 1 amide bonds. The number of aliphatic hydroxyl groups excluding tert-OH is 2. The van der Waals surface area contributed by atoms with Crippen molar-refractivity contribution in [2.45, 2.75) is 296 Å². The number of carbonyl (C=O) groups is 1. The van der Waals surface area contributed by atoms with E-state index < -0.39 is 12.1 Å². The molecule has 54 heavy (non-hydrogen) atoms. The molecule has 0 aliphatic rings. The van der Waals surface area contributed by atoms with Crippen LogP contribution in [-0.2, 0) is 4.79 Å². The summed E-state index contributed by atoms with van der Waals surface area (Å²) in [7, 11) is 0. The quantitative estimate of drug-likeness (QED) is 0.0427. The van der Waals surface area contributed by atoms with E-state index in [-0.39, 0.29) is 12.5 Å². The van der Waals surface area contributed by atoms with Crippen LogP contribution >= 0.6 is 0 Å². The highest BCUT2D eigenvalue weighted by molar-refractivity contribution is 5.76. The maximum Gasteiger partial charge on any atom is 0.220 e. The van der Waals surface area contributed by atoms with Crippen molar-refractivity contribution in [3.63, 3.8) is 0 Å². The number of nitrogens with one attached hydrogen (secondary N) is 1. The average Bonchev–Trinajstić information content (AvgIpc) is 3.18. The van der Waals surface area contributed by atoms with Crippen molar-refractivity contribution in [1.29, 1.82) is 0 Å². The van der Waals surface area contributed by atoms with E-state index in [0.29, 0.717) is 12.8 Å². The van der Waals surface area contributed by atoms with Gasteiger partial charge in [0.2, 0.25) is 5.91 Å². The molecule has 2 atom stereocenters. The van der Waals surface area contributed by atoms with E-state index in [4.69, 9.17) is 0 Å². The van der Waals surface area contributed by atoms with E-state index in [1.165, 1.54) is 231 Å². The number of aliphatic hydroxyl groups is 2. The summed E-state index contributed by atoms with van der Waals surface area (Å²) in [6.45, 7) is 4.38. The number of hydrogen-bond acceptors (Lipinski definition) is 3. The molecular weight excluding hydrogens is 663 g/mol. The first kappa shape index (κ1) is 53.1. The fourth-order valence-corrected chi connectivity index (χ4v) is 7.95. The zero-order valence-electron chi connectivity index (χ0n) is 37.0. The van der Waals surface area contributed by atoms with Crippen LogP contribution in [0.1, 0.15) is 284 Å². The van der Waals surface area contributed by atoms with Crippen molar-refractivity contribution in [2.24, 2.45) is 0 Å². The summed E-state index contributed by atoms with van der Waals surface area (Å²) in [4.78, 5) is 12.4. The molecule has 0 spiro atoms. The van der Waals surface area contributed by atoms with Gasteiger partial charge in [-0.25, -0.2) is 0 Å². The predicted molar refractivity (Wildman–Crippen MR) is 239 cm³/mol. The topological polar surface area (TPSA) is 69.6 Å². The number of allylic oxidation sites excluding steroid dienone is 2. The van der Waals surface area contributed by atoms with Crippen LogP contribution in [0.4, 0.5) is 0 Å². The van der Waals surface area contributed by atoms with Gasteiger partial charge < -0.3 is 15.5 Å². The van der Waals surface area contributed by atoms with Crippen molar-refractivity contribution in [2.75, 3.05) is 6.61 Å². The molecule has 322 valence electrons. The van der Waals surface area contributed by atoms with E-state index in [0.717, 1.165) is 25.7 Å². The molecule has 0 aromatic carbocycles. The highest BCUT2D eigenvalue weighted by Crippen LogP contribution is 2.17. The van der Waals surface area contributed by atoms with Crippen molar-refractivity contribution in [3.05, 3.63) is 12.2 Å². The van der Waals surface area contributed by atoms with Gasteiger partial charge in [-0.3, -0.25) is 4.79 Å². The first-order valence-corrected chi connectivity index (χ1v) is 24.9. The number of amides is 1. The highest BCUT2D eigenvalue weighted by atomic mass is 16.3. The summed E-state index contributed by atoms with van der Waals surface area (Å²) in [5.74, 6) is -0.0351. The van der Waals surface area contributed by atoms with E-state index in [9.17, 15) is 15.0 Å². The van der Waals surface area contributed by atoms with Gasteiger partial charge in [-0.2, -0.15) is 0 Å². The summed E-state index contributed by atoms with van der Waals surface area (Å²) in [5, 5.41) is 23.3. The monoisotopic (exact) mass is 762 g/mol. The Labute approximate surface area is 339 Å². The Balaban J connectivity index is 3.46. The van der Waals surface area contributed by atoms with Gasteiger partial charge in [-0.15, -0.1) is 0 Å². The van der Waals surface area contributed by atoms with Gasteiger partial charge in [0, 0.05) is 6.42 Å². The minimum atomic E-state index is -0.660. The molecule has 0 aliphatic carbocycles. The normalized spacial score (nSPS) is 12.9. The minimum Gasteiger partial charge on any atom is -0.394 e. The van der Waals surface area contributed by atoms with Crippen LogP contribution in [-0.4, -0.2) is 34.9 Å². The molecule has 2 unspecified atom stereocenters. The molecule has 4 heteroatoms. The largest absolute Gasteiger partial charge is 0.394 e. The standard InChI is InChI=1S/C50H99NO3/c1-3-5-7-9-11-13-15-17-19-21-23-24-25-26-27-28-29-31-33-35-37-39-41-43-45-49(53)48(47-52)51-50(54)46-44-42-40-38-36-34-32-30-22-20-18-16-14-12-10-8-6-4-2/h30,32,48-49,52-53H,3-29,31,33-47H2,1-2H3,(H,51,54)/b32-30-. The second-order valence-corrected chi connectivity index (χ2v) is 17.2. The minimum absolute atomic E-state index is 0.0351. The molecule has 0 radical (unpaired) electrons. The van der Waals surface area contributed by atoms with Crippen molar-refractivity contribution >= 4 is 5.91 Å². The fourth-order valence-electron chi connectivity index (χ4n) is 7.95. The first-order chi connectivity index (χ1) is 26.7. The summed E-state index contributed by atoms with van der Waals surface area (Å²) < 4.78 is 0. The van der Waals surface area contributed by atoms with Gasteiger partial charge in [0.25, 0.3) is 0 Å². The van der Waals surface area contributed by atoms with Crippen LogP contribution in [0.15, 0.2) is 12.2 Å². The summed E-state index contributed by atoms with van der Waals surface area (Å²) in [6.07, 6.45) is 58.8. The SMILES string of the molecule is CCCCCCCCCCC/C=C\CCCCCCCC(=O)NC(CO)C(O)CCCCCCCCCCCCCCCCCCCCCCCCCC. The van der Waals surface area contributed by atoms with Gasteiger partial charge in [0.15, 0.2) is 0 Å². The number of carbonyl (C=O) groups excluding carboxylic acids is 1. The van der Waals surface area contributed by atoms with Crippen molar-refractivity contribution in [1.82, 2.24) is 5.32 Å². The third-order valence-electron chi connectivity index (χ3n) is 11.8. The molecule has 3 N–H and O–H groups in total. The Morgan fingerprint density at radius 1 is 0.426 bits per heavy atom. The van der Waals surface area contributed by atoms with Gasteiger partial charge in [-0.1, -0.05) is 251 Å². The maximum absolute atomic E-state index is 12.4. The molecule has 0 fully saturated rings. The zero-order chi connectivity index (χ0) is 39.3. The lowest BCUT2D eigenvalue weighted by Crippen LogP contribution is -2.45. The second kappa shape index (κ2) is 46.5. The molecule has 0 aromatic heterocycles. The van der Waals surface area contributed by atoms with E-state index in [2.05, 4.69) is 31.3 Å². The van der Waals surface area contributed by atoms with E-state index >= 15 is 0 Å². The predicted octanol–water partition coefficient (Wildman–Crippen LogP) is 15.8. The van der Waals surface area contributed by atoms with Crippen molar-refractivity contribution in [3.8, 4) is 0 Å². The van der Waals surface area contributed by atoms with Crippen LogP contribution < -0.4 is 5.32 Å². The highest BCUT2D eigenvalue weighted by Gasteiger charge is 2.20. The average molecular weight is 762 g/mol. The molecular formula is C50H99NO3. The second-order valence-electron chi connectivity index (χ2n) is 17.2. The molecule has 0 bridgehead atoms. The van der Waals surface area contributed by atoms with E-state index in [1.807, 2.05) is 0 Å². The maximum atomic E-state index is 12.4. The molecule has 0 rings (SSSR count). The van der Waals surface area contributed by atoms with E-state index in [1.54, 1.807) is 0 Å². The summed E-state index contributed by atoms with van der Waals surface area (Å²) in [5.41, 5.74) is 0. The zero-order valence-corrected chi connectivity index (χ0v) is 37.0. The third-order valence-corrected chi connectivity index (χ3v) is 11.8. The lowest BCUT2D eigenvalue weighted by molar-refractivity contribution is -0.123. The van der Waals surface area contributed by atoms with Crippen molar-refractivity contribution < 1.29 is 15.0 Å². The Kier molecular flexibility index (Phi) is 45.8. The summed E-state index contributed by atoms with van der Waals surface area (Å²) >= 11 is 0. The number of unbranched alkanes of at least 4 members (excludes halogenated alkanes) is 37. The van der Waals surface area contributed by atoms with Crippen LogP contribution in [0.25, 0.3) is 0 Å². The smallest absolute Gasteiger partial charge is 0.220 e. The lowest BCUT2D eigenvalue weighted by Gasteiger charge is -2.22. The first-order valence-electron chi connectivity index (χ1n) is 24.9. The van der Waals surface area contributed by atoms with Crippen LogP contribution in [0.5, 0.6) is 0 Å². The van der Waals surface area contributed by atoms with Gasteiger partial charge in [0.05, 0.1) is 18.8 Å². The Morgan fingerprint density at radius 3 is 1.02 bits per heavy atom. The number of hydrogen-bond donors (Lipinski definition) is 3. The lowest BCUT2D eigenvalue weighted by atomic mass is 10.0. The molecule has 4 nitrogen and oxygen atoms in total. The van der Waals surface area contributed by atoms with Crippen LogP contribution in [0.3, 0.4) is 0 Å². The van der Waals surface area contributed by atoms with Gasteiger partial charge in [0.1, 0.15) is 0 Å². The molecule has 0 saturated heterocycles. The molecule has 0 saturated carbocycles. The molecule has 0 aliphatic heterocycles. The van der Waals surface area contributed by atoms with Gasteiger partial charge in [-0.05, 0) is 38.5 Å².